The fourth-order valence-corrected chi connectivity index (χ4v) is 1.22. The summed E-state index contributed by atoms with van der Waals surface area (Å²) >= 11 is 0. The lowest BCUT2D eigenvalue weighted by atomic mass is 10.2. The summed E-state index contributed by atoms with van der Waals surface area (Å²) in [6.45, 7) is 8.04. The lowest BCUT2D eigenvalue weighted by Gasteiger charge is -1.97. The SMILES string of the molecule is CC.COc1ccc(C)cc1.Cc1ccc(O)cc1. The first-order valence-corrected chi connectivity index (χ1v) is 6.48. The molecular weight excluding hydrogens is 236 g/mol. The number of methoxy groups -OCH3 is 1. The van der Waals surface area contributed by atoms with Crippen molar-refractivity contribution in [2.45, 2.75) is 27.7 Å². The minimum Gasteiger partial charge on any atom is -0.508 e. The van der Waals surface area contributed by atoms with Crippen LogP contribution in [-0.2, 0) is 0 Å². The number of rotatable bonds is 1. The van der Waals surface area contributed by atoms with Gasteiger partial charge in [-0.1, -0.05) is 49.2 Å². The lowest BCUT2D eigenvalue weighted by Crippen LogP contribution is -1.80. The number of hydrogen-bond acceptors (Lipinski definition) is 2. The van der Waals surface area contributed by atoms with Crippen LogP contribution in [0, 0.1) is 13.8 Å². The zero-order chi connectivity index (χ0) is 14.7. The average Bonchev–Trinajstić information content (AvgIpc) is 2.46. The van der Waals surface area contributed by atoms with Gasteiger partial charge in [-0.25, -0.2) is 0 Å². The quantitative estimate of drug-likeness (QED) is 0.803. The predicted molar refractivity (Wildman–Crippen MR) is 81.9 cm³/mol. The first-order valence-electron chi connectivity index (χ1n) is 6.48. The maximum atomic E-state index is 8.76. The van der Waals surface area contributed by atoms with Gasteiger partial charge in [0.1, 0.15) is 11.5 Å². The Morgan fingerprint density at radius 2 is 1.11 bits per heavy atom. The van der Waals surface area contributed by atoms with Gasteiger partial charge in [0.2, 0.25) is 0 Å². The van der Waals surface area contributed by atoms with E-state index in [1.807, 2.05) is 57.2 Å². The van der Waals surface area contributed by atoms with E-state index in [1.54, 1.807) is 19.2 Å². The highest BCUT2D eigenvalue weighted by atomic mass is 16.5. The molecule has 0 unspecified atom stereocenters. The second kappa shape index (κ2) is 10.0. The van der Waals surface area contributed by atoms with E-state index in [2.05, 4.69) is 6.92 Å². The molecule has 2 aromatic carbocycles. The summed E-state index contributed by atoms with van der Waals surface area (Å²) in [5.41, 5.74) is 2.43. The molecule has 0 saturated heterocycles. The van der Waals surface area contributed by atoms with Gasteiger partial charge in [0.15, 0.2) is 0 Å². The van der Waals surface area contributed by atoms with Gasteiger partial charge in [-0.2, -0.15) is 0 Å². The summed E-state index contributed by atoms with van der Waals surface area (Å²) in [7, 11) is 1.67. The van der Waals surface area contributed by atoms with E-state index in [1.165, 1.54) is 11.1 Å². The Hall–Kier alpha value is -1.96. The second-order valence-corrected chi connectivity index (χ2v) is 3.85. The number of ether oxygens (including phenoxy) is 1. The number of aromatic hydroxyl groups is 1. The van der Waals surface area contributed by atoms with Gasteiger partial charge < -0.3 is 9.84 Å². The molecule has 0 amide bonds. The summed E-state index contributed by atoms with van der Waals surface area (Å²) in [6, 6.07) is 15.1. The Balaban J connectivity index is 0.000000303. The van der Waals surface area contributed by atoms with Gasteiger partial charge in [-0.15, -0.1) is 0 Å². The Labute approximate surface area is 116 Å². The van der Waals surface area contributed by atoms with Crippen molar-refractivity contribution in [1.82, 2.24) is 0 Å². The van der Waals surface area contributed by atoms with Crippen molar-refractivity contribution < 1.29 is 9.84 Å². The second-order valence-electron chi connectivity index (χ2n) is 3.85. The van der Waals surface area contributed by atoms with E-state index >= 15 is 0 Å². The topological polar surface area (TPSA) is 29.5 Å². The molecular formula is C17H24O2. The largest absolute Gasteiger partial charge is 0.508 e. The Kier molecular flexibility index (Phi) is 8.98. The van der Waals surface area contributed by atoms with Crippen LogP contribution < -0.4 is 4.74 Å². The molecule has 2 rings (SSSR count). The Bertz CT molecular complexity index is 409. The monoisotopic (exact) mass is 260 g/mol. The van der Waals surface area contributed by atoms with E-state index in [0.29, 0.717) is 5.75 Å². The number of aryl methyl sites for hydroxylation is 2. The van der Waals surface area contributed by atoms with Crippen LogP contribution in [0.3, 0.4) is 0 Å². The Morgan fingerprint density at radius 1 is 0.737 bits per heavy atom. The van der Waals surface area contributed by atoms with Crippen molar-refractivity contribution in [1.29, 1.82) is 0 Å². The van der Waals surface area contributed by atoms with Crippen LogP contribution in [0.15, 0.2) is 48.5 Å². The average molecular weight is 260 g/mol. The molecule has 2 nitrogen and oxygen atoms in total. The molecule has 104 valence electrons. The van der Waals surface area contributed by atoms with Gasteiger partial charge in [0.25, 0.3) is 0 Å². The minimum atomic E-state index is 0.329. The van der Waals surface area contributed by atoms with Crippen LogP contribution in [0.2, 0.25) is 0 Å². The molecule has 0 atom stereocenters. The number of benzene rings is 2. The molecule has 2 heteroatoms. The highest BCUT2D eigenvalue weighted by Crippen LogP contribution is 2.09. The van der Waals surface area contributed by atoms with E-state index in [4.69, 9.17) is 9.84 Å². The number of phenolic OH excluding ortho intramolecular Hbond substituents is 1. The van der Waals surface area contributed by atoms with Crippen molar-refractivity contribution in [3.63, 3.8) is 0 Å². The highest BCUT2D eigenvalue weighted by molar-refractivity contribution is 5.26. The standard InChI is InChI=1S/C8H10O.C7H8O.C2H6/c1-7-3-5-8(9-2)6-4-7;1-6-2-4-7(8)5-3-6;1-2/h3-6H,1-2H3;2-5,8H,1H3;1-2H3. The molecule has 0 heterocycles. The number of hydrogen-bond donors (Lipinski definition) is 1. The van der Waals surface area contributed by atoms with Gasteiger partial charge in [0, 0.05) is 0 Å². The molecule has 0 bridgehead atoms. The molecule has 0 saturated carbocycles. The molecule has 0 aromatic heterocycles. The first-order chi connectivity index (χ1) is 9.11. The van der Waals surface area contributed by atoms with Crippen molar-refractivity contribution in [2.75, 3.05) is 7.11 Å². The lowest BCUT2D eigenvalue weighted by molar-refractivity contribution is 0.414. The molecule has 0 spiro atoms. The summed E-state index contributed by atoms with van der Waals surface area (Å²) in [5.74, 6) is 1.25. The van der Waals surface area contributed by atoms with E-state index in [-0.39, 0.29) is 0 Å². The van der Waals surface area contributed by atoms with Crippen LogP contribution in [0.5, 0.6) is 11.5 Å². The third-order valence-electron chi connectivity index (χ3n) is 2.29. The van der Waals surface area contributed by atoms with Crippen molar-refractivity contribution in [3.05, 3.63) is 59.7 Å². The van der Waals surface area contributed by atoms with E-state index in [0.717, 1.165) is 5.75 Å². The summed E-state index contributed by atoms with van der Waals surface area (Å²) < 4.78 is 4.97. The molecule has 19 heavy (non-hydrogen) atoms. The van der Waals surface area contributed by atoms with E-state index in [9.17, 15) is 0 Å². The van der Waals surface area contributed by atoms with Gasteiger partial charge in [0.05, 0.1) is 7.11 Å². The van der Waals surface area contributed by atoms with Gasteiger partial charge in [-0.3, -0.25) is 0 Å². The van der Waals surface area contributed by atoms with Gasteiger partial charge >= 0.3 is 0 Å². The summed E-state index contributed by atoms with van der Waals surface area (Å²) in [6.07, 6.45) is 0. The Morgan fingerprint density at radius 3 is 1.42 bits per heavy atom. The molecule has 0 aliphatic rings. The van der Waals surface area contributed by atoms with E-state index < -0.39 is 0 Å². The maximum Gasteiger partial charge on any atom is 0.118 e. The van der Waals surface area contributed by atoms with Crippen LogP contribution in [0.25, 0.3) is 0 Å². The van der Waals surface area contributed by atoms with Gasteiger partial charge in [-0.05, 0) is 38.1 Å². The van der Waals surface area contributed by atoms with Crippen LogP contribution in [0.1, 0.15) is 25.0 Å². The third-order valence-corrected chi connectivity index (χ3v) is 2.29. The molecule has 0 radical (unpaired) electrons. The van der Waals surface area contributed by atoms with Crippen molar-refractivity contribution >= 4 is 0 Å². The molecule has 1 N–H and O–H groups in total. The molecule has 0 aliphatic carbocycles. The zero-order valence-electron chi connectivity index (χ0n) is 12.5. The van der Waals surface area contributed by atoms with Crippen LogP contribution >= 0.6 is 0 Å². The maximum absolute atomic E-state index is 8.76. The number of phenols is 1. The highest BCUT2D eigenvalue weighted by Gasteiger charge is 1.85. The molecule has 0 aliphatic heterocycles. The first kappa shape index (κ1) is 17.0. The van der Waals surface area contributed by atoms with Crippen LogP contribution in [0.4, 0.5) is 0 Å². The third kappa shape index (κ3) is 7.87. The minimum absolute atomic E-state index is 0.329. The molecule has 0 fully saturated rings. The van der Waals surface area contributed by atoms with Crippen molar-refractivity contribution in [3.8, 4) is 11.5 Å². The van der Waals surface area contributed by atoms with Crippen molar-refractivity contribution in [2.24, 2.45) is 0 Å². The zero-order valence-corrected chi connectivity index (χ0v) is 12.5. The fraction of sp³-hybridized carbons (Fsp3) is 0.294. The fourth-order valence-electron chi connectivity index (χ4n) is 1.22. The summed E-state index contributed by atoms with van der Waals surface area (Å²) in [4.78, 5) is 0. The normalized spacial score (nSPS) is 8.47. The predicted octanol–water partition coefficient (Wildman–Crippen LogP) is 4.73. The molecule has 2 aromatic rings. The smallest absolute Gasteiger partial charge is 0.118 e. The summed E-state index contributed by atoms with van der Waals surface area (Å²) in [5, 5.41) is 8.76. The van der Waals surface area contributed by atoms with Crippen LogP contribution in [-0.4, -0.2) is 12.2 Å².